The molecule has 0 fully saturated rings. The molecular formula is C15H15NO5. The third-order valence-electron chi connectivity index (χ3n) is 2.70. The van der Waals surface area contributed by atoms with Crippen molar-refractivity contribution >= 4 is 11.6 Å². The molecule has 0 aliphatic rings. The number of aliphatic hydroxyl groups excluding tert-OH is 1. The van der Waals surface area contributed by atoms with Crippen LogP contribution in [0, 0.1) is 6.92 Å². The summed E-state index contributed by atoms with van der Waals surface area (Å²) in [7, 11) is 0. The van der Waals surface area contributed by atoms with Crippen LogP contribution in [0.15, 0.2) is 45.8 Å². The minimum absolute atomic E-state index is 0.0775. The molecule has 0 atom stereocenters. The monoisotopic (exact) mass is 289 g/mol. The Labute approximate surface area is 121 Å². The van der Waals surface area contributed by atoms with Crippen molar-refractivity contribution in [3.63, 3.8) is 0 Å². The Morgan fingerprint density at radius 2 is 2.05 bits per heavy atom. The summed E-state index contributed by atoms with van der Waals surface area (Å²) in [4.78, 5) is 23.3. The zero-order chi connectivity index (χ0) is 15.2. The van der Waals surface area contributed by atoms with E-state index >= 15 is 0 Å². The summed E-state index contributed by atoms with van der Waals surface area (Å²) in [6.07, 6.45) is 1.08. The normalized spacial score (nSPS) is 10.2. The van der Waals surface area contributed by atoms with Gasteiger partial charge in [0.25, 0.3) is 5.91 Å². The number of amides is 1. The number of carbonyl (C=O) groups is 1. The van der Waals surface area contributed by atoms with Crippen LogP contribution in [0.1, 0.15) is 11.3 Å². The third kappa shape index (κ3) is 4.19. The molecule has 0 radical (unpaired) electrons. The fourth-order valence-corrected chi connectivity index (χ4v) is 1.60. The second kappa shape index (κ2) is 6.71. The lowest BCUT2D eigenvalue weighted by molar-refractivity contribution is -0.118. The van der Waals surface area contributed by atoms with Gasteiger partial charge in [-0.05, 0) is 19.1 Å². The van der Waals surface area contributed by atoms with E-state index in [1.165, 1.54) is 0 Å². The Kier molecular flexibility index (Phi) is 4.73. The number of carbonyl (C=O) groups excluding carboxylic acids is 1. The summed E-state index contributed by atoms with van der Waals surface area (Å²) < 4.78 is 10.0. The molecule has 0 aliphatic heterocycles. The minimum Gasteiger partial charge on any atom is -0.477 e. The van der Waals surface area contributed by atoms with Crippen molar-refractivity contribution in [2.24, 2.45) is 0 Å². The SMILES string of the molecule is Cc1ccc(NC(=O)COc2coc(CO)cc2=O)cc1. The van der Waals surface area contributed by atoms with Crippen molar-refractivity contribution in [1.82, 2.24) is 0 Å². The summed E-state index contributed by atoms with van der Waals surface area (Å²) in [6, 6.07) is 8.42. The predicted octanol–water partition coefficient (Wildman–Crippen LogP) is 1.46. The molecule has 1 aromatic heterocycles. The molecule has 0 saturated carbocycles. The molecule has 2 rings (SSSR count). The average Bonchev–Trinajstić information content (AvgIpc) is 2.48. The Hall–Kier alpha value is -2.60. The first-order chi connectivity index (χ1) is 10.1. The number of anilines is 1. The molecule has 1 heterocycles. The highest BCUT2D eigenvalue weighted by atomic mass is 16.5. The first kappa shape index (κ1) is 14.8. The van der Waals surface area contributed by atoms with Crippen molar-refractivity contribution in [2.75, 3.05) is 11.9 Å². The lowest BCUT2D eigenvalue weighted by Gasteiger charge is -2.07. The number of nitrogens with one attached hydrogen (secondary N) is 1. The van der Waals surface area contributed by atoms with Crippen molar-refractivity contribution in [2.45, 2.75) is 13.5 Å². The van der Waals surface area contributed by atoms with Crippen LogP contribution < -0.4 is 15.5 Å². The Morgan fingerprint density at radius 1 is 1.33 bits per heavy atom. The summed E-state index contributed by atoms with van der Waals surface area (Å²) in [6.45, 7) is 1.27. The number of rotatable bonds is 5. The molecule has 1 aromatic carbocycles. The maximum atomic E-state index is 11.7. The molecule has 0 aliphatic carbocycles. The molecule has 0 saturated heterocycles. The van der Waals surface area contributed by atoms with Gasteiger partial charge in [0.15, 0.2) is 6.61 Å². The van der Waals surface area contributed by atoms with E-state index in [4.69, 9.17) is 14.3 Å². The van der Waals surface area contributed by atoms with Gasteiger partial charge in [-0.1, -0.05) is 17.7 Å². The van der Waals surface area contributed by atoms with Crippen molar-refractivity contribution in [3.8, 4) is 5.75 Å². The largest absolute Gasteiger partial charge is 0.477 e. The van der Waals surface area contributed by atoms with Crippen LogP contribution in [0.2, 0.25) is 0 Å². The first-order valence-electron chi connectivity index (χ1n) is 6.30. The van der Waals surface area contributed by atoms with Crippen LogP contribution in [-0.4, -0.2) is 17.6 Å². The van der Waals surface area contributed by atoms with Crippen LogP contribution >= 0.6 is 0 Å². The van der Waals surface area contributed by atoms with Crippen LogP contribution in [-0.2, 0) is 11.4 Å². The molecule has 0 spiro atoms. The smallest absolute Gasteiger partial charge is 0.262 e. The Balaban J connectivity index is 1.92. The third-order valence-corrected chi connectivity index (χ3v) is 2.70. The van der Waals surface area contributed by atoms with Crippen LogP contribution in [0.4, 0.5) is 5.69 Å². The summed E-state index contributed by atoms with van der Waals surface area (Å²) in [5.41, 5.74) is 1.29. The zero-order valence-corrected chi connectivity index (χ0v) is 11.5. The van der Waals surface area contributed by atoms with Gasteiger partial charge >= 0.3 is 0 Å². The van der Waals surface area contributed by atoms with Crippen molar-refractivity contribution in [1.29, 1.82) is 0 Å². The van der Waals surface area contributed by atoms with Gasteiger partial charge in [0.2, 0.25) is 11.2 Å². The van der Waals surface area contributed by atoms with Crippen LogP contribution in [0.5, 0.6) is 5.75 Å². The summed E-state index contributed by atoms with van der Waals surface area (Å²) >= 11 is 0. The highest BCUT2D eigenvalue weighted by Gasteiger charge is 2.08. The van der Waals surface area contributed by atoms with E-state index in [1.54, 1.807) is 12.1 Å². The van der Waals surface area contributed by atoms with Crippen molar-refractivity contribution in [3.05, 3.63) is 58.1 Å². The maximum Gasteiger partial charge on any atom is 0.262 e. The number of aryl methyl sites for hydroxylation is 1. The molecule has 2 aromatic rings. The van der Waals surface area contributed by atoms with E-state index in [-0.39, 0.29) is 30.6 Å². The molecule has 0 unspecified atom stereocenters. The number of ether oxygens (including phenoxy) is 1. The number of hydrogen-bond acceptors (Lipinski definition) is 5. The van der Waals surface area contributed by atoms with Crippen molar-refractivity contribution < 1.29 is 19.1 Å². The number of aliphatic hydroxyl groups is 1. The second-order valence-electron chi connectivity index (χ2n) is 4.44. The molecular weight excluding hydrogens is 274 g/mol. The van der Waals surface area contributed by atoms with Crippen LogP contribution in [0.25, 0.3) is 0 Å². The van der Waals surface area contributed by atoms with Gasteiger partial charge in [-0.2, -0.15) is 0 Å². The van der Waals surface area contributed by atoms with E-state index in [1.807, 2.05) is 19.1 Å². The maximum absolute atomic E-state index is 11.7. The topological polar surface area (TPSA) is 88.8 Å². The zero-order valence-electron chi connectivity index (χ0n) is 11.5. The van der Waals surface area contributed by atoms with E-state index < -0.39 is 5.43 Å². The lowest BCUT2D eigenvalue weighted by Crippen LogP contribution is -2.22. The number of benzene rings is 1. The highest BCUT2D eigenvalue weighted by Crippen LogP contribution is 2.09. The fraction of sp³-hybridized carbons (Fsp3) is 0.200. The molecule has 110 valence electrons. The number of hydrogen-bond donors (Lipinski definition) is 2. The highest BCUT2D eigenvalue weighted by molar-refractivity contribution is 5.91. The van der Waals surface area contributed by atoms with Crippen LogP contribution in [0.3, 0.4) is 0 Å². The Bertz CT molecular complexity index is 675. The van der Waals surface area contributed by atoms with Gasteiger partial charge in [-0.25, -0.2) is 0 Å². The predicted molar refractivity (Wildman–Crippen MR) is 76.2 cm³/mol. The molecule has 1 amide bonds. The lowest BCUT2D eigenvalue weighted by atomic mass is 10.2. The van der Waals surface area contributed by atoms with E-state index in [0.29, 0.717) is 5.69 Å². The van der Waals surface area contributed by atoms with Gasteiger partial charge in [-0.3, -0.25) is 9.59 Å². The molecule has 6 nitrogen and oxygen atoms in total. The van der Waals surface area contributed by atoms with Gasteiger partial charge in [0, 0.05) is 11.8 Å². The minimum atomic E-state index is -0.451. The quantitative estimate of drug-likeness (QED) is 0.870. The fourth-order valence-electron chi connectivity index (χ4n) is 1.60. The molecule has 2 N–H and O–H groups in total. The molecule has 0 bridgehead atoms. The first-order valence-corrected chi connectivity index (χ1v) is 6.30. The summed E-state index contributed by atoms with van der Waals surface area (Å²) in [5.74, 6) is -0.327. The molecule has 6 heteroatoms. The van der Waals surface area contributed by atoms with E-state index in [9.17, 15) is 9.59 Å². The van der Waals surface area contributed by atoms with E-state index in [2.05, 4.69) is 5.32 Å². The molecule has 21 heavy (non-hydrogen) atoms. The van der Waals surface area contributed by atoms with E-state index in [0.717, 1.165) is 17.9 Å². The van der Waals surface area contributed by atoms with Gasteiger partial charge < -0.3 is 19.6 Å². The Morgan fingerprint density at radius 3 is 2.67 bits per heavy atom. The van der Waals surface area contributed by atoms with Gasteiger partial charge in [0.05, 0.1) is 0 Å². The second-order valence-corrected chi connectivity index (χ2v) is 4.44. The standard InChI is InChI=1S/C15H15NO5/c1-10-2-4-11(5-3-10)16-15(19)9-21-14-8-20-12(7-17)6-13(14)18/h2-6,8,17H,7,9H2,1H3,(H,16,19). The van der Waals surface area contributed by atoms with Gasteiger partial charge in [-0.15, -0.1) is 0 Å². The van der Waals surface area contributed by atoms with Gasteiger partial charge in [0.1, 0.15) is 18.6 Å². The average molecular weight is 289 g/mol. The summed E-state index contributed by atoms with van der Waals surface area (Å²) in [5, 5.41) is 11.5.